The van der Waals surface area contributed by atoms with Crippen molar-refractivity contribution < 1.29 is 18.7 Å². The van der Waals surface area contributed by atoms with Crippen LogP contribution in [0.2, 0.25) is 0 Å². The number of aromatic amines is 1. The minimum Gasteiger partial charge on any atom is -0.494 e. The summed E-state index contributed by atoms with van der Waals surface area (Å²) < 4.78 is 19.4. The maximum Gasteiger partial charge on any atom is 0.253 e. The number of carbonyl (C=O) groups excluding carboxylic acids is 2. The molecule has 0 bridgehead atoms. The van der Waals surface area contributed by atoms with Gasteiger partial charge in [0.1, 0.15) is 0 Å². The van der Waals surface area contributed by atoms with E-state index < -0.39 is 11.7 Å². The first kappa shape index (κ1) is 21.9. The molecule has 34 heavy (non-hydrogen) atoms. The number of amides is 2. The Morgan fingerprint density at radius 3 is 2.41 bits per heavy atom. The van der Waals surface area contributed by atoms with Crippen LogP contribution >= 0.6 is 0 Å². The Kier molecular flexibility index (Phi) is 5.45. The van der Waals surface area contributed by atoms with Crippen molar-refractivity contribution in [1.29, 1.82) is 0 Å². The second-order valence-corrected chi connectivity index (χ2v) is 8.64. The van der Waals surface area contributed by atoms with Crippen LogP contribution < -0.4 is 10.5 Å². The third-order valence-electron chi connectivity index (χ3n) is 6.50. The number of carbonyl (C=O) groups is 2. The number of aromatic nitrogens is 1. The van der Waals surface area contributed by atoms with Crippen LogP contribution in [-0.4, -0.2) is 66.9 Å². The van der Waals surface area contributed by atoms with E-state index >= 15 is 0 Å². The summed E-state index contributed by atoms with van der Waals surface area (Å²) in [6.07, 6.45) is 0. The molecule has 1 aliphatic rings. The first-order chi connectivity index (χ1) is 16.4. The van der Waals surface area contributed by atoms with Gasteiger partial charge in [-0.1, -0.05) is 6.07 Å². The SMILES string of the molecule is COc1ccc(-c2cc(C(N)=O)c3[nH]c4ccc(C(=O)N5CCN(C)CC5)cc4c3c2)cc1F. The molecule has 5 rings (SSSR count). The zero-order valence-corrected chi connectivity index (χ0v) is 19.0. The summed E-state index contributed by atoms with van der Waals surface area (Å²) in [6, 6.07) is 13.6. The molecule has 0 atom stereocenters. The van der Waals surface area contributed by atoms with E-state index in [9.17, 15) is 14.0 Å². The van der Waals surface area contributed by atoms with Crippen LogP contribution in [0.4, 0.5) is 4.39 Å². The Morgan fingerprint density at radius 1 is 0.971 bits per heavy atom. The van der Waals surface area contributed by atoms with Gasteiger partial charge >= 0.3 is 0 Å². The van der Waals surface area contributed by atoms with Gasteiger partial charge in [0.15, 0.2) is 11.6 Å². The summed E-state index contributed by atoms with van der Waals surface area (Å²) in [5.41, 5.74) is 9.17. The zero-order valence-electron chi connectivity index (χ0n) is 19.0. The van der Waals surface area contributed by atoms with E-state index in [1.54, 1.807) is 24.3 Å². The van der Waals surface area contributed by atoms with Gasteiger partial charge in [0, 0.05) is 48.0 Å². The second kappa shape index (κ2) is 8.46. The number of nitrogens with two attached hydrogens (primary N) is 1. The zero-order chi connectivity index (χ0) is 24.0. The quantitative estimate of drug-likeness (QED) is 0.487. The summed E-state index contributed by atoms with van der Waals surface area (Å²) >= 11 is 0. The Balaban J connectivity index is 1.64. The number of halogens is 1. The van der Waals surface area contributed by atoms with Gasteiger partial charge in [-0.05, 0) is 60.6 Å². The van der Waals surface area contributed by atoms with E-state index in [4.69, 9.17) is 10.5 Å². The Morgan fingerprint density at radius 2 is 1.74 bits per heavy atom. The lowest BCUT2D eigenvalue weighted by atomic mass is 9.98. The van der Waals surface area contributed by atoms with Crippen LogP contribution in [0.15, 0.2) is 48.5 Å². The molecule has 1 aromatic heterocycles. The van der Waals surface area contributed by atoms with Crippen molar-refractivity contribution in [2.24, 2.45) is 5.73 Å². The minimum absolute atomic E-state index is 0.0205. The molecule has 1 saturated heterocycles. The number of hydrogen-bond acceptors (Lipinski definition) is 4. The van der Waals surface area contributed by atoms with E-state index in [1.807, 2.05) is 30.1 Å². The topological polar surface area (TPSA) is 91.7 Å². The van der Waals surface area contributed by atoms with Crippen LogP contribution in [0.25, 0.3) is 32.9 Å². The molecule has 8 heteroatoms. The summed E-state index contributed by atoms with van der Waals surface area (Å²) in [7, 11) is 3.45. The Labute approximate surface area is 195 Å². The average molecular weight is 461 g/mol. The molecule has 0 radical (unpaired) electrons. The number of ether oxygens (including phenoxy) is 1. The number of rotatable bonds is 4. The van der Waals surface area contributed by atoms with Crippen LogP contribution in [-0.2, 0) is 0 Å². The van der Waals surface area contributed by atoms with Gasteiger partial charge in [0.2, 0.25) is 0 Å². The highest BCUT2D eigenvalue weighted by Gasteiger charge is 2.22. The van der Waals surface area contributed by atoms with Crippen molar-refractivity contribution in [3.05, 3.63) is 65.5 Å². The summed E-state index contributed by atoms with van der Waals surface area (Å²) in [6.45, 7) is 3.04. The fourth-order valence-corrected chi connectivity index (χ4v) is 4.53. The molecule has 174 valence electrons. The molecule has 0 unspecified atom stereocenters. The molecule has 2 heterocycles. The highest BCUT2D eigenvalue weighted by molar-refractivity contribution is 6.17. The van der Waals surface area contributed by atoms with E-state index in [0.717, 1.165) is 29.4 Å². The van der Waals surface area contributed by atoms with Crippen molar-refractivity contribution in [2.45, 2.75) is 0 Å². The number of piperazine rings is 1. The monoisotopic (exact) mass is 460 g/mol. The molecule has 1 fully saturated rings. The van der Waals surface area contributed by atoms with Crippen molar-refractivity contribution in [1.82, 2.24) is 14.8 Å². The van der Waals surface area contributed by atoms with Crippen LogP contribution in [0.5, 0.6) is 5.75 Å². The van der Waals surface area contributed by atoms with Gasteiger partial charge in [-0.3, -0.25) is 9.59 Å². The lowest BCUT2D eigenvalue weighted by Crippen LogP contribution is -2.47. The van der Waals surface area contributed by atoms with Crippen molar-refractivity contribution in [3.8, 4) is 16.9 Å². The van der Waals surface area contributed by atoms with Crippen LogP contribution in [0.1, 0.15) is 20.7 Å². The number of primary amides is 1. The number of nitrogens with one attached hydrogen (secondary N) is 1. The first-order valence-electron chi connectivity index (χ1n) is 11.1. The summed E-state index contributed by atoms with van der Waals surface area (Å²) in [5, 5.41) is 1.54. The lowest BCUT2D eigenvalue weighted by molar-refractivity contribution is 0.0664. The number of H-pyrrole nitrogens is 1. The molecule has 3 N–H and O–H groups in total. The molecule has 2 amide bonds. The van der Waals surface area contributed by atoms with E-state index in [-0.39, 0.29) is 11.7 Å². The van der Waals surface area contributed by atoms with E-state index in [1.165, 1.54) is 13.2 Å². The summed E-state index contributed by atoms with van der Waals surface area (Å²) in [4.78, 5) is 32.7. The number of benzene rings is 3. The van der Waals surface area contributed by atoms with Crippen molar-refractivity contribution in [2.75, 3.05) is 40.3 Å². The molecular weight excluding hydrogens is 435 g/mol. The predicted octanol–water partition coefficient (Wildman–Crippen LogP) is 3.62. The van der Waals surface area contributed by atoms with Crippen molar-refractivity contribution >= 4 is 33.6 Å². The standard InChI is InChI=1S/C26H25FN4O3/c1-30-7-9-31(10-8-30)26(33)16-3-5-22-18(11-16)19-12-17(13-20(25(28)32)24(19)29-22)15-4-6-23(34-2)21(27)14-15/h3-6,11-14,29H,7-10H2,1-2H3,(H2,28,32). The molecule has 0 aliphatic carbocycles. The molecule has 3 aromatic carbocycles. The number of fused-ring (bicyclic) bond motifs is 3. The molecule has 0 saturated carbocycles. The maximum absolute atomic E-state index is 14.4. The Hall–Kier alpha value is -3.91. The lowest BCUT2D eigenvalue weighted by Gasteiger charge is -2.32. The maximum atomic E-state index is 14.4. The highest BCUT2D eigenvalue weighted by atomic mass is 19.1. The smallest absolute Gasteiger partial charge is 0.253 e. The second-order valence-electron chi connectivity index (χ2n) is 8.64. The Bertz CT molecular complexity index is 1440. The molecule has 7 nitrogen and oxygen atoms in total. The van der Waals surface area contributed by atoms with Gasteiger partial charge < -0.3 is 25.3 Å². The van der Waals surface area contributed by atoms with Crippen LogP contribution in [0.3, 0.4) is 0 Å². The molecule has 0 spiro atoms. The van der Waals surface area contributed by atoms with E-state index in [0.29, 0.717) is 40.9 Å². The molecule has 4 aromatic rings. The average Bonchev–Trinajstić information content (AvgIpc) is 3.21. The fourth-order valence-electron chi connectivity index (χ4n) is 4.53. The van der Waals surface area contributed by atoms with Gasteiger partial charge in [0.05, 0.1) is 18.2 Å². The largest absolute Gasteiger partial charge is 0.494 e. The van der Waals surface area contributed by atoms with E-state index in [2.05, 4.69) is 9.88 Å². The number of hydrogen-bond donors (Lipinski definition) is 2. The first-order valence-corrected chi connectivity index (χ1v) is 11.1. The van der Waals surface area contributed by atoms with Gasteiger partial charge in [-0.15, -0.1) is 0 Å². The molecular formula is C26H25FN4O3. The third-order valence-corrected chi connectivity index (χ3v) is 6.50. The van der Waals surface area contributed by atoms with Crippen LogP contribution in [0, 0.1) is 5.82 Å². The number of nitrogens with zero attached hydrogens (tertiary/aromatic N) is 2. The van der Waals surface area contributed by atoms with Gasteiger partial charge in [-0.2, -0.15) is 0 Å². The normalized spacial score (nSPS) is 14.6. The van der Waals surface area contributed by atoms with Crippen molar-refractivity contribution in [3.63, 3.8) is 0 Å². The minimum atomic E-state index is -0.596. The number of methoxy groups -OCH3 is 1. The molecule has 1 aliphatic heterocycles. The van der Waals surface area contributed by atoms with Gasteiger partial charge in [-0.25, -0.2) is 4.39 Å². The fraction of sp³-hybridized carbons (Fsp3) is 0.231. The third kappa shape index (κ3) is 3.76. The highest BCUT2D eigenvalue weighted by Crippen LogP contribution is 2.34. The summed E-state index contributed by atoms with van der Waals surface area (Å²) in [5.74, 6) is -0.979. The predicted molar refractivity (Wildman–Crippen MR) is 130 cm³/mol. The van der Waals surface area contributed by atoms with Gasteiger partial charge in [0.25, 0.3) is 11.8 Å². The number of likely N-dealkylation sites (N-methyl/N-ethyl adjacent to an activating group) is 1.